The first-order chi connectivity index (χ1) is 28.1. The van der Waals surface area contributed by atoms with Crippen molar-refractivity contribution < 1.29 is 19.1 Å². The van der Waals surface area contributed by atoms with E-state index in [1.165, 1.54) is 34.8 Å². The van der Waals surface area contributed by atoms with Crippen LogP contribution < -0.4 is 25.5 Å². The number of anilines is 2. The first-order valence-corrected chi connectivity index (χ1v) is 21.5. The Balaban J connectivity index is 0.000000246. The normalized spacial score (nSPS) is 14.9. The quantitative estimate of drug-likeness (QED) is 0.164. The summed E-state index contributed by atoms with van der Waals surface area (Å²) in [5, 5.41) is 11.3. The number of nitrogens with zero attached hydrogens (tertiary/aromatic N) is 4. The lowest BCUT2D eigenvalue weighted by Gasteiger charge is -2.30. The highest BCUT2D eigenvalue weighted by Crippen LogP contribution is 2.41. The number of aliphatic imine (C=N–C) groups is 1. The average Bonchev–Trinajstić information content (AvgIpc) is 3.71. The van der Waals surface area contributed by atoms with Gasteiger partial charge in [-0.15, -0.1) is 0 Å². The van der Waals surface area contributed by atoms with Crippen molar-refractivity contribution >= 4 is 128 Å². The number of aryl methyl sites for hydroxylation is 1. The van der Waals surface area contributed by atoms with Crippen LogP contribution in [0.1, 0.15) is 83.9 Å². The number of hydrogen-bond donors (Lipinski definition) is 2. The number of hydrogen-bond acceptors (Lipinski definition) is 6. The molecule has 60 heavy (non-hydrogen) atoms. The number of amidine groups is 2. The average molecular weight is 956 g/mol. The second-order valence-electron chi connectivity index (χ2n) is 15.4. The van der Waals surface area contributed by atoms with Crippen LogP contribution in [0.25, 0.3) is 0 Å². The maximum absolute atomic E-state index is 12.7. The molecule has 2 aliphatic heterocycles. The van der Waals surface area contributed by atoms with Gasteiger partial charge in [-0.25, -0.2) is 10.0 Å². The number of nitrogens with one attached hydrogen (secondary N) is 2. The molecule has 1 saturated heterocycles. The molecule has 0 aliphatic carbocycles. The van der Waals surface area contributed by atoms with Gasteiger partial charge in [0.2, 0.25) is 0 Å². The minimum absolute atomic E-state index is 0.0311. The molecule has 2 heterocycles. The Morgan fingerprint density at radius 2 is 1.35 bits per heavy atom. The smallest absolute Gasteiger partial charge is 0.263 e. The summed E-state index contributed by atoms with van der Waals surface area (Å²) >= 11 is 42.8. The van der Waals surface area contributed by atoms with Crippen LogP contribution >= 0.6 is 81.2 Å². The number of carbonyl (C=O) groups excluding carboxylic acids is 3. The van der Waals surface area contributed by atoms with Gasteiger partial charge in [0, 0.05) is 15.6 Å². The van der Waals surface area contributed by atoms with E-state index >= 15 is 0 Å². The van der Waals surface area contributed by atoms with Crippen molar-refractivity contribution in [2.45, 2.75) is 85.0 Å². The standard InChI is InChI=1S/C27H32Cl3N3O3.C16H11Cl4N3O/c1-7-26(3,4)16-9-10-21(18(11-16)27(5,6)8-2)36-15-23(34)31-22-14-24(35)33(32-22)25-19(29)12-17(28)13-20(25)30;1-8-2-3-10(18)13(4-8)21-14-7-15(24)23(22-14)16-11(19)5-9(17)6-12(16)20/h9-13H,7-8,14-15H2,1-6H3,(H,31,32,34);2-6H,7H2,1H3,(H,21,22). The molecule has 1 fully saturated rings. The summed E-state index contributed by atoms with van der Waals surface area (Å²) in [5.74, 6) is 0.273. The molecule has 0 radical (unpaired) electrons. The summed E-state index contributed by atoms with van der Waals surface area (Å²) in [5.41, 5.74) is 7.27. The van der Waals surface area contributed by atoms with Crippen LogP contribution in [0, 0.1) is 6.92 Å². The van der Waals surface area contributed by atoms with E-state index in [0.717, 1.165) is 29.0 Å². The van der Waals surface area contributed by atoms with Gasteiger partial charge in [-0.3, -0.25) is 19.8 Å². The van der Waals surface area contributed by atoms with Gasteiger partial charge in [0.15, 0.2) is 6.61 Å². The molecule has 6 rings (SSSR count). The lowest BCUT2D eigenvalue weighted by molar-refractivity contribution is -0.121. The number of rotatable bonds is 10. The Bertz CT molecular complexity index is 2360. The van der Waals surface area contributed by atoms with Crippen LogP contribution in [0.5, 0.6) is 5.75 Å². The van der Waals surface area contributed by atoms with Gasteiger partial charge < -0.3 is 10.1 Å². The van der Waals surface area contributed by atoms with E-state index in [1.807, 2.05) is 25.1 Å². The van der Waals surface area contributed by atoms with Gasteiger partial charge in [0.05, 0.1) is 43.6 Å². The van der Waals surface area contributed by atoms with Crippen LogP contribution in [-0.4, -0.2) is 36.0 Å². The molecule has 0 spiro atoms. The first kappa shape index (κ1) is 47.3. The first-order valence-electron chi connectivity index (χ1n) is 18.8. The van der Waals surface area contributed by atoms with E-state index in [2.05, 4.69) is 74.5 Å². The van der Waals surface area contributed by atoms with Gasteiger partial charge >= 0.3 is 0 Å². The summed E-state index contributed by atoms with van der Waals surface area (Å²) in [6.45, 7) is 14.8. The van der Waals surface area contributed by atoms with E-state index in [-0.39, 0.29) is 73.7 Å². The van der Waals surface area contributed by atoms with E-state index < -0.39 is 5.91 Å². The second-order valence-corrected chi connectivity index (χ2v) is 18.3. The molecule has 2 aliphatic rings. The number of benzene rings is 4. The van der Waals surface area contributed by atoms with Crippen molar-refractivity contribution in [1.82, 2.24) is 10.7 Å². The van der Waals surface area contributed by atoms with Crippen LogP contribution in [-0.2, 0) is 25.2 Å². The predicted molar refractivity (Wildman–Crippen MR) is 248 cm³/mol. The number of ether oxygens (including phenoxy) is 1. The summed E-state index contributed by atoms with van der Waals surface area (Å²) in [6.07, 6.45) is 1.90. The lowest BCUT2D eigenvalue weighted by Crippen LogP contribution is -2.36. The Hall–Kier alpha value is -3.74. The number of hydrazine groups is 1. The summed E-state index contributed by atoms with van der Waals surface area (Å²) in [4.78, 5) is 42.0. The fourth-order valence-corrected chi connectivity index (χ4v) is 8.17. The van der Waals surface area contributed by atoms with Gasteiger partial charge in [-0.05, 0) is 84.2 Å². The number of carbonyl (C=O) groups is 3. The number of amides is 3. The summed E-state index contributed by atoms with van der Waals surface area (Å²) in [7, 11) is 0. The van der Waals surface area contributed by atoms with Crippen molar-refractivity contribution in [2.75, 3.05) is 16.6 Å². The molecule has 17 heteroatoms. The van der Waals surface area contributed by atoms with Crippen molar-refractivity contribution in [2.24, 2.45) is 10.1 Å². The van der Waals surface area contributed by atoms with Crippen LogP contribution in [0.3, 0.4) is 0 Å². The molecule has 0 aromatic heterocycles. The molecule has 318 valence electrons. The van der Waals surface area contributed by atoms with Crippen molar-refractivity contribution in [1.29, 1.82) is 0 Å². The lowest BCUT2D eigenvalue weighted by atomic mass is 9.76. The van der Waals surface area contributed by atoms with E-state index in [9.17, 15) is 14.4 Å². The topological polar surface area (TPSA) is 116 Å². The van der Waals surface area contributed by atoms with Crippen molar-refractivity contribution in [3.8, 4) is 5.75 Å². The zero-order valence-corrected chi connectivity index (χ0v) is 39.2. The van der Waals surface area contributed by atoms with Crippen molar-refractivity contribution in [3.63, 3.8) is 0 Å². The highest BCUT2D eigenvalue weighted by Gasteiger charge is 2.32. The maximum atomic E-state index is 12.7. The Labute approximate surface area is 385 Å². The van der Waals surface area contributed by atoms with E-state index in [1.54, 1.807) is 6.07 Å². The molecule has 0 atom stereocenters. The molecule has 0 unspecified atom stereocenters. The van der Waals surface area contributed by atoms with Crippen molar-refractivity contribution in [3.05, 3.63) is 113 Å². The minimum atomic E-state index is -0.421. The van der Waals surface area contributed by atoms with E-state index in [4.69, 9.17) is 85.9 Å². The molecule has 10 nitrogen and oxygen atoms in total. The predicted octanol–water partition coefficient (Wildman–Crippen LogP) is 12.8. The van der Waals surface area contributed by atoms with Gasteiger partial charge in [-0.2, -0.15) is 10.1 Å². The molecule has 4 aromatic carbocycles. The number of halogens is 7. The Morgan fingerprint density at radius 3 is 1.93 bits per heavy atom. The molecular weight excluding hydrogens is 913 g/mol. The third kappa shape index (κ3) is 11.2. The van der Waals surface area contributed by atoms with Crippen LogP contribution in [0.15, 0.2) is 70.8 Å². The zero-order chi connectivity index (χ0) is 44.3. The molecule has 2 N–H and O–H groups in total. The Morgan fingerprint density at radius 1 is 0.767 bits per heavy atom. The maximum Gasteiger partial charge on any atom is 0.263 e. The third-order valence-corrected chi connectivity index (χ3v) is 12.1. The Kier molecular flexibility index (Phi) is 15.4. The molecule has 0 saturated carbocycles. The van der Waals surface area contributed by atoms with Gasteiger partial charge in [-0.1, -0.05) is 141 Å². The molecule has 4 aromatic rings. The minimum Gasteiger partial charge on any atom is -0.483 e. The van der Waals surface area contributed by atoms with Crippen LogP contribution in [0.2, 0.25) is 35.2 Å². The molecule has 0 bridgehead atoms. The SMILES string of the molecule is CCC(C)(C)c1ccc(OCC(=O)NC2=NN(c3c(Cl)cc(Cl)cc3Cl)C(=O)C2)c(C(C)(C)CC)c1.Cc1ccc(Cl)c(N=C2CC(=O)N(c3c(Cl)cc(Cl)cc3Cl)N2)c1. The highest BCUT2D eigenvalue weighted by molar-refractivity contribution is 6.44. The molecular formula is C43H43Cl7N6O4. The fourth-order valence-electron chi connectivity index (χ4n) is 6.05. The fraction of sp³-hybridized carbons (Fsp3) is 0.326. The number of hydrazone groups is 1. The van der Waals surface area contributed by atoms with Gasteiger partial charge in [0.1, 0.15) is 28.8 Å². The third-order valence-electron chi connectivity index (χ3n) is 10.2. The highest BCUT2D eigenvalue weighted by atomic mass is 35.5. The molecule has 3 amide bonds. The largest absolute Gasteiger partial charge is 0.483 e. The zero-order valence-electron chi connectivity index (χ0n) is 33.9. The monoisotopic (exact) mass is 952 g/mol. The summed E-state index contributed by atoms with van der Waals surface area (Å²) in [6, 6.07) is 17.7. The summed E-state index contributed by atoms with van der Waals surface area (Å²) < 4.78 is 5.97. The van der Waals surface area contributed by atoms with E-state index in [0.29, 0.717) is 38.0 Å². The van der Waals surface area contributed by atoms with Gasteiger partial charge in [0.25, 0.3) is 17.7 Å². The second kappa shape index (κ2) is 19.5. The van der Waals surface area contributed by atoms with Crippen LogP contribution in [0.4, 0.5) is 17.1 Å².